The maximum absolute atomic E-state index is 13.4. The molecule has 2 heterocycles. The second-order valence-electron chi connectivity index (χ2n) is 8.58. The molecule has 9 heteroatoms. The number of hydrogen-bond acceptors (Lipinski definition) is 4. The lowest BCUT2D eigenvalue weighted by molar-refractivity contribution is -0.137. The van der Waals surface area contributed by atoms with Crippen LogP contribution in [0.4, 0.5) is 18.9 Å². The molecule has 6 nitrogen and oxygen atoms in total. The standard InChI is InChI=1S/C24H24F3N3O3/c1-15(2)20(30-21(31)18-8-3-4-9-19(18)22(30)32)23(33)29-12-10-28(11-13-29)17-7-5-6-16(14-17)24(25,26)27/h3-9,14-15,20H,10-13H2,1-2H3. The largest absolute Gasteiger partial charge is 0.416 e. The highest BCUT2D eigenvalue weighted by Crippen LogP contribution is 2.32. The number of alkyl halides is 3. The number of hydrogen-bond donors (Lipinski definition) is 0. The van der Waals surface area contributed by atoms with E-state index < -0.39 is 29.6 Å². The van der Waals surface area contributed by atoms with E-state index in [1.54, 1.807) is 54.0 Å². The second kappa shape index (κ2) is 8.53. The second-order valence-corrected chi connectivity index (χ2v) is 8.58. The third kappa shape index (κ3) is 4.19. The molecule has 1 atom stereocenters. The number of imide groups is 1. The molecule has 2 aromatic carbocycles. The van der Waals surface area contributed by atoms with E-state index in [1.807, 2.05) is 0 Å². The first-order chi connectivity index (χ1) is 15.6. The van der Waals surface area contributed by atoms with Crippen LogP contribution >= 0.6 is 0 Å². The summed E-state index contributed by atoms with van der Waals surface area (Å²) in [5.41, 5.74) is 0.298. The number of fused-ring (bicyclic) bond motifs is 1. The molecule has 0 aliphatic carbocycles. The van der Waals surface area contributed by atoms with Crippen molar-refractivity contribution in [1.82, 2.24) is 9.80 Å². The molecule has 0 spiro atoms. The van der Waals surface area contributed by atoms with Gasteiger partial charge >= 0.3 is 6.18 Å². The summed E-state index contributed by atoms with van der Waals surface area (Å²) in [7, 11) is 0. The average Bonchev–Trinajstić information content (AvgIpc) is 3.04. The van der Waals surface area contributed by atoms with Crippen LogP contribution in [0.25, 0.3) is 0 Å². The maximum atomic E-state index is 13.4. The zero-order valence-electron chi connectivity index (χ0n) is 18.3. The summed E-state index contributed by atoms with van der Waals surface area (Å²) >= 11 is 0. The van der Waals surface area contributed by atoms with E-state index in [2.05, 4.69) is 0 Å². The Kier molecular flexibility index (Phi) is 5.90. The van der Waals surface area contributed by atoms with E-state index in [4.69, 9.17) is 0 Å². The summed E-state index contributed by atoms with van der Waals surface area (Å²) in [6.45, 7) is 4.82. The Morgan fingerprint density at radius 1 is 0.879 bits per heavy atom. The highest BCUT2D eigenvalue weighted by molar-refractivity contribution is 6.22. The molecule has 2 aliphatic rings. The van der Waals surface area contributed by atoms with Gasteiger partial charge in [0.05, 0.1) is 16.7 Å². The third-order valence-corrected chi connectivity index (χ3v) is 6.12. The van der Waals surface area contributed by atoms with Gasteiger partial charge < -0.3 is 9.80 Å². The van der Waals surface area contributed by atoms with Gasteiger partial charge in [0.25, 0.3) is 11.8 Å². The molecule has 1 fully saturated rings. The van der Waals surface area contributed by atoms with E-state index >= 15 is 0 Å². The molecule has 0 saturated carbocycles. The van der Waals surface area contributed by atoms with Crippen molar-refractivity contribution in [2.45, 2.75) is 26.1 Å². The van der Waals surface area contributed by atoms with Crippen molar-refractivity contribution < 1.29 is 27.6 Å². The first kappa shape index (κ1) is 22.8. The molecule has 1 unspecified atom stereocenters. The van der Waals surface area contributed by atoms with E-state index in [9.17, 15) is 27.6 Å². The first-order valence-corrected chi connectivity index (χ1v) is 10.8. The minimum atomic E-state index is -4.43. The van der Waals surface area contributed by atoms with Gasteiger partial charge in [-0.15, -0.1) is 0 Å². The van der Waals surface area contributed by atoms with Gasteiger partial charge in [0.1, 0.15) is 6.04 Å². The van der Waals surface area contributed by atoms with Gasteiger partial charge in [0.2, 0.25) is 5.91 Å². The van der Waals surface area contributed by atoms with E-state index in [-0.39, 0.29) is 36.0 Å². The minimum absolute atomic E-state index is 0.279. The van der Waals surface area contributed by atoms with Crippen molar-refractivity contribution in [1.29, 1.82) is 0 Å². The molecule has 2 aliphatic heterocycles. The molecule has 2 aromatic rings. The van der Waals surface area contributed by atoms with Crippen LogP contribution in [0.15, 0.2) is 48.5 Å². The zero-order valence-corrected chi connectivity index (χ0v) is 18.3. The van der Waals surface area contributed by atoms with Crippen LogP contribution in [-0.4, -0.2) is 59.7 Å². The number of halogens is 3. The highest BCUT2D eigenvalue weighted by Gasteiger charge is 2.45. The van der Waals surface area contributed by atoms with Crippen LogP contribution < -0.4 is 4.90 Å². The summed E-state index contributed by atoms with van der Waals surface area (Å²) in [6.07, 6.45) is -4.43. The number of carbonyl (C=O) groups excluding carboxylic acids is 3. The number of anilines is 1. The lowest BCUT2D eigenvalue weighted by atomic mass is 10.0. The summed E-state index contributed by atoms with van der Waals surface area (Å²) in [5.74, 6) is -1.60. The number of benzene rings is 2. The van der Waals surface area contributed by atoms with Crippen molar-refractivity contribution in [3.63, 3.8) is 0 Å². The molecule has 4 rings (SSSR count). The van der Waals surface area contributed by atoms with Crippen LogP contribution in [0.2, 0.25) is 0 Å². The molecular formula is C24H24F3N3O3. The van der Waals surface area contributed by atoms with Crippen LogP contribution in [0.3, 0.4) is 0 Å². The van der Waals surface area contributed by atoms with Crippen LogP contribution in [0, 0.1) is 5.92 Å². The number of carbonyl (C=O) groups is 3. The Bertz CT molecular complexity index is 1060. The average molecular weight is 459 g/mol. The molecule has 0 bridgehead atoms. The molecular weight excluding hydrogens is 435 g/mol. The summed E-state index contributed by atoms with van der Waals surface area (Å²) < 4.78 is 39.1. The lowest BCUT2D eigenvalue weighted by Crippen LogP contribution is -2.57. The SMILES string of the molecule is CC(C)C(C(=O)N1CCN(c2cccc(C(F)(F)F)c2)CC1)N1C(=O)c2ccccc2C1=O. The lowest BCUT2D eigenvalue weighted by Gasteiger charge is -2.39. The number of nitrogens with zero attached hydrogens (tertiary/aromatic N) is 3. The zero-order chi connectivity index (χ0) is 23.9. The van der Waals surface area contributed by atoms with Crippen LogP contribution in [0.5, 0.6) is 0 Å². The van der Waals surface area contributed by atoms with Gasteiger partial charge in [-0.1, -0.05) is 32.0 Å². The fourth-order valence-electron chi connectivity index (χ4n) is 4.41. The normalized spacial score (nSPS) is 17.6. The fourth-order valence-corrected chi connectivity index (χ4v) is 4.41. The van der Waals surface area contributed by atoms with Crippen LogP contribution in [-0.2, 0) is 11.0 Å². The van der Waals surface area contributed by atoms with Gasteiger partial charge in [-0.05, 0) is 36.2 Å². The molecule has 1 saturated heterocycles. The summed E-state index contributed by atoms with van der Waals surface area (Å²) in [4.78, 5) is 43.7. The maximum Gasteiger partial charge on any atom is 0.416 e. The molecule has 3 amide bonds. The van der Waals surface area contributed by atoms with Crippen molar-refractivity contribution in [3.05, 3.63) is 65.2 Å². The minimum Gasteiger partial charge on any atom is -0.368 e. The van der Waals surface area contributed by atoms with Crippen molar-refractivity contribution >= 4 is 23.4 Å². The quantitative estimate of drug-likeness (QED) is 0.655. The summed E-state index contributed by atoms with van der Waals surface area (Å²) in [6, 6.07) is 10.7. The topological polar surface area (TPSA) is 60.9 Å². The predicted molar refractivity (Wildman–Crippen MR) is 116 cm³/mol. The van der Waals surface area contributed by atoms with E-state index in [1.165, 1.54) is 6.07 Å². The Hall–Kier alpha value is -3.36. The smallest absolute Gasteiger partial charge is 0.368 e. The molecule has 0 aromatic heterocycles. The van der Waals surface area contributed by atoms with Gasteiger partial charge in [0, 0.05) is 31.9 Å². The predicted octanol–water partition coefficient (Wildman–Crippen LogP) is 3.67. The molecule has 0 N–H and O–H groups in total. The van der Waals surface area contributed by atoms with Crippen molar-refractivity contribution in [2.75, 3.05) is 31.1 Å². The van der Waals surface area contributed by atoms with Crippen LogP contribution in [0.1, 0.15) is 40.1 Å². The van der Waals surface area contributed by atoms with Gasteiger partial charge in [-0.25, -0.2) is 0 Å². The van der Waals surface area contributed by atoms with E-state index in [0.717, 1.165) is 17.0 Å². The van der Waals surface area contributed by atoms with Crippen molar-refractivity contribution in [3.8, 4) is 0 Å². The highest BCUT2D eigenvalue weighted by atomic mass is 19.4. The summed E-state index contributed by atoms with van der Waals surface area (Å²) in [5, 5.41) is 0. The molecule has 174 valence electrons. The Balaban J connectivity index is 1.49. The van der Waals surface area contributed by atoms with Crippen molar-refractivity contribution in [2.24, 2.45) is 5.92 Å². The number of rotatable bonds is 4. The third-order valence-electron chi connectivity index (χ3n) is 6.12. The Morgan fingerprint density at radius 3 is 1.97 bits per heavy atom. The Labute approximate surface area is 189 Å². The number of amides is 3. The molecule has 33 heavy (non-hydrogen) atoms. The van der Waals surface area contributed by atoms with Gasteiger partial charge in [-0.3, -0.25) is 19.3 Å². The molecule has 0 radical (unpaired) electrons. The van der Waals surface area contributed by atoms with E-state index in [0.29, 0.717) is 18.8 Å². The first-order valence-electron chi connectivity index (χ1n) is 10.8. The van der Waals surface area contributed by atoms with Gasteiger partial charge in [0.15, 0.2) is 0 Å². The fraction of sp³-hybridized carbons (Fsp3) is 0.375. The van der Waals surface area contributed by atoms with Gasteiger partial charge in [-0.2, -0.15) is 13.2 Å². The monoisotopic (exact) mass is 459 g/mol. The Morgan fingerprint density at radius 2 is 1.45 bits per heavy atom. The number of piperazine rings is 1.